The van der Waals surface area contributed by atoms with Crippen LogP contribution in [0.2, 0.25) is 0 Å². The fraction of sp³-hybridized carbons (Fsp3) is 0.656. The van der Waals surface area contributed by atoms with Gasteiger partial charge in [0.05, 0.1) is 56.1 Å². The molecule has 0 saturated carbocycles. The zero-order chi connectivity index (χ0) is 110. The highest BCUT2D eigenvalue weighted by atomic mass is 16.3. The Morgan fingerprint density at radius 2 is 0.719 bits per heavy atom. The van der Waals surface area contributed by atoms with E-state index in [1.807, 2.05) is 0 Å². The van der Waals surface area contributed by atoms with Gasteiger partial charge in [0.15, 0.2) is 17.9 Å². The van der Waals surface area contributed by atoms with Crippen LogP contribution in [-0.2, 0) is 94.3 Å². The second-order valence-electron chi connectivity index (χ2n) is 37.1. The first kappa shape index (κ1) is 128. The van der Waals surface area contributed by atoms with E-state index in [-0.39, 0.29) is 183 Å². The highest BCUT2D eigenvalue weighted by molar-refractivity contribution is 6.00. The Bertz CT molecular complexity index is 4550. The number of rotatable bonds is 75. The Morgan fingerprint density at radius 1 is 0.377 bits per heavy atom. The number of amides is 17. The standard InChI is InChI=1S/C93H165N35O18/c1-12-54(8)77(90(146)117-56(10)55(9)116-71(44-59-45-106-50-115-59)81(137)114-49-75(133)127-76(53(6)7)89(145)124-64(25-14-17-35-95)83(139)120-63(24-13-16-34-94)85(141)126-70(80(136)111-46-72(99)130)43-58-30-32-60(129)33-31-58)128-87(143)65(26-15-18-36-96)121-82(138)62(27-20-37-107-57(11)97)118-73(131)48-113-79(135)68(41-51(2)3)125-86(142)67(29-22-40-110-93(104)105)122-84(140)66(28-21-39-109-92(102)103)123-88(144)69(42-52(4)5)119-74(132)47-112-78(134)61(98)23-19-38-108-91(100)101/h30-33,45,50-54,56,61-71,76-77,116,129H,9,12-29,34-44,46-49,94-96,98H2,1-8,10-11H3,(H2,97,107)(H2,99,130)(H,106,115)(H,111,136)(H,112,134)(H,113,135)(H,114,137)(H,117,146)(H,118,131)(H,119,132)(H,120,139)(H,121,138)(H,122,140)(H,123,144)(H,124,145)(H,125,142)(H,126,141)(H,127,133)(H,128,143)(H4,100,101,108)(H4,102,103,109)(H4,104,105,110)/t54-,56-,61-,62-,63-,64-,65-,66-,67-,68-,69-,70-,71-,76-,77-/m0/s1. The number of benzene rings is 1. The number of imidazole rings is 1. The summed E-state index contributed by atoms with van der Waals surface area (Å²) in [5, 5.41) is 96.6. The minimum absolute atomic E-state index is 0.0193. The van der Waals surface area contributed by atoms with Crippen molar-refractivity contribution in [2.75, 3.05) is 72.0 Å². The minimum atomic E-state index is -1.46. The molecule has 0 unspecified atom stereocenters. The van der Waals surface area contributed by atoms with Crippen molar-refractivity contribution in [3.05, 3.63) is 60.3 Å². The Kier molecular flexibility index (Phi) is 61.8. The first-order valence-electron chi connectivity index (χ1n) is 49.6. The van der Waals surface area contributed by atoms with Crippen LogP contribution in [0.5, 0.6) is 5.75 Å². The summed E-state index contributed by atoms with van der Waals surface area (Å²) >= 11 is 0. The van der Waals surface area contributed by atoms with Crippen LogP contribution in [0.4, 0.5) is 0 Å². The van der Waals surface area contributed by atoms with Gasteiger partial charge in [-0.15, -0.1) is 0 Å². The van der Waals surface area contributed by atoms with E-state index in [4.69, 9.17) is 67.5 Å². The largest absolute Gasteiger partial charge is 0.508 e. The van der Waals surface area contributed by atoms with Crippen molar-refractivity contribution in [2.24, 2.45) is 69.5 Å². The number of guanidine groups is 3. The number of phenols is 1. The third kappa shape index (κ3) is 54.0. The average Bonchev–Trinajstić information content (AvgIpc) is 1.12. The topological polar surface area (TPSA) is 895 Å². The predicted molar refractivity (Wildman–Crippen MR) is 548 cm³/mol. The lowest BCUT2D eigenvalue weighted by molar-refractivity contribution is -0.135. The molecule has 0 bridgehead atoms. The van der Waals surface area contributed by atoms with E-state index in [2.05, 4.69) is 128 Å². The lowest BCUT2D eigenvalue weighted by Gasteiger charge is -2.30. The number of primary amides is 1. The highest BCUT2D eigenvalue weighted by Crippen LogP contribution is 2.18. The summed E-state index contributed by atoms with van der Waals surface area (Å²) in [7, 11) is 0. The summed E-state index contributed by atoms with van der Waals surface area (Å²) < 4.78 is 0. The Morgan fingerprint density at radius 3 is 1.12 bits per heavy atom. The van der Waals surface area contributed by atoms with E-state index in [9.17, 15) is 86.6 Å². The second kappa shape index (κ2) is 70.6. The smallest absolute Gasteiger partial charge is 0.243 e. The molecule has 0 spiro atoms. The van der Waals surface area contributed by atoms with Gasteiger partial charge >= 0.3 is 0 Å². The number of H-pyrrole nitrogens is 1. The molecule has 1 heterocycles. The lowest BCUT2D eigenvalue weighted by atomic mass is 9.97. The van der Waals surface area contributed by atoms with Gasteiger partial charge in [0.25, 0.3) is 0 Å². The number of nitrogens with one attached hydrogen (secondary N) is 26. The SMILES string of the molecule is C=C(N[C@@H](Cc1c[nH]cn1)C(=O)NCC(=O)N[C@H](C(=O)N[C@@H](CCCCN)C(=O)N[C@@H](CCCCN)C(=O)N[C@@H](Cc1ccc(O)cc1)C(=O)NCC(N)=O)C(C)C)[C@H](C)NC(=O)[C@@H](NC(=O)[C@H](CCCCN)NC(=O)[C@H](CCCNC(C)=N)NC(=O)CNC(=O)[C@H](CC(C)C)NC(=O)[C@H](CCCNC(=N)N)NC(=O)[C@H](CCCNC(=N)N)NC(=O)[C@H](CC(C)C)NC(=O)CNC(=O)[C@@H](N)CCCNC(=N)N)[C@@H](C)CC. The molecule has 1 aromatic heterocycles. The number of aromatic hydroxyl groups is 1. The molecule has 0 aliphatic heterocycles. The Labute approximate surface area is 852 Å². The van der Waals surface area contributed by atoms with Crippen LogP contribution in [-0.4, -0.2) is 296 Å². The predicted octanol–water partition coefficient (Wildman–Crippen LogP) is -7.17. The number of amidine groups is 1. The number of nitrogens with zero attached hydrogens (tertiary/aromatic N) is 1. The van der Waals surface area contributed by atoms with Crippen molar-refractivity contribution in [2.45, 2.75) is 295 Å². The first-order valence-corrected chi connectivity index (χ1v) is 49.6. The number of aromatic nitrogens is 2. The number of phenolic OH excluding ortho intramolecular Hbond substituents is 1. The minimum Gasteiger partial charge on any atom is -0.508 e. The summed E-state index contributed by atoms with van der Waals surface area (Å²) in [5.41, 5.74) is 46.2. The number of carbonyl (C=O) groups is 17. The fourth-order valence-electron chi connectivity index (χ4n) is 14.7. The van der Waals surface area contributed by atoms with Gasteiger partial charge in [-0.2, -0.15) is 0 Å². The van der Waals surface area contributed by atoms with Crippen molar-refractivity contribution >= 4 is 124 Å². The number of unbranched alkanes of at least 4 members (excludes halogenated alkanes) is 3. The Hall–Kier alpha value is -14.1. The fourth-order valence-corrected chi connectivity index (χ4v) is 14.7. The molecular weight excluding hydrogens is 1900 g/mol. The molecule has 146 heavy (non-hydrogen) atoms. The summed E-state index contributed by atoms with van der Waals surface area (Å²) in [6.45, 7) is 19.6. The molecule has 15 atom stereocenters. The van der Waals surface area contributed by atoms with E-state index < -0.39 is 229 Å². The van der Waals surface area contributed by atoms with Crippen molar-refractivity contribution in [1.82, 2.24) is 122 Å². The molecular formula is C93H165N35O18. The third-order valence-electron chi connectivity index (χ3n) is 23.0. The molecule has 0 aliphatic carbocycles. The molecule has 53 heteroatoms. The average molecular weight is 2060 g/mol. The molecule has 2 rings (SSSR count). The quantitative estimate of drug-likeness (QED) is 0.0166. The molecule has 820 valence electrons. The molecule has 1 aromatic carbocycles. The maximum atomic E-state index is 14.8. The van der Waals surface area contributed by atoms with Crippen LogP contribution in [0.25, 0.3) is 0 Å². The summed E-state index contributed by atoms with van der Waals surface area (Å²) in [4.78, 5) is 246. The number of nitrogens with two attached hydrogens (primary N) is 8. The summed E-state index contributed by atoms with van der Waals surface area (Å²) in [5.74, 6) is -16.5. The number of hydrogen-bond donors (Lipinski definition) is 35. The van der Waals surface area contributed by atoms with E-state index >= 15 is 0 Å². The Balaban J connectivity index is 2.45. The first-order chi connectivity index (χ1) is 69.0. The number of aromatic amines is 1. The molecule has 2 aromatic rings. The van der Waals surface area contributed by atoms with Crippen LogP contribution in [0.1, 0.15) is 209 Å². The van der Waals surface area contributed by atoms with E-state index in [1.54, 1.807) is 62.3 Å². The van der Waals surface area contributed by atoms with E-state index in [1.165, 1.54) is 43.7 Å². The van der Waals surface area contributed by atoms with Gasteiger partial charge in [-0.25, -0.2) is 4.98 Å². The van der Waals surface area contributed by atoms with Gasteiger partial charge in [-0.1, -0.05) is 80.5 Å². The monoisotopic (exact) mass is 2060 g/mol. The van der Waals surface area contributed by atoms with Crippen LogP contribution in [0.3, 0.4) is 0 Å². The van der Waals surface area contributed by atoms with Crippen LogP contribution in [0.15, 0.2) is 49.1 Å². The third-order valence-corrected chi connectivity index (χ3v) is 23.0. The summed E-state index contributed by atoms with van der Waals surface area (Å²) in [6.07, 6.45) is 5.86. The molecule has 17 amide bonds. The van der Waals surface area contributed by atoms with Crippen LogP contribution < -0.4 is 158 Å². The maximum Gasteiger partial charge on any atom is 0.243 e. The molecule has 0 saturated heterocycles. The van der Waals surface area contributed by atoms with Crippen LogP contribution in [0, 0.1) is 45.3 Å². The van der Waals surface area contributed by atoms with Crippen molar-refractivity contribution in [3.8, 4) is 5.75 Å². The van der Waals surface area contributed by atoms with Gasteiger partial charge in [-0.3, -0.25) is 103 Å². The van der Waals surface area contributed by atoms with Crippen LogP contribution >= 0.6 is 0 Å². The van der Waals surface area contributed by atoms with Crippen molar-refractivity contribution in [3.63, 3.8) is 0 Å². The normalized spacial score (nSPS) is 14.1. The highest BCUT2D eigenvalue weighted by Gasteiger charge is 2.39. The van der Waals surface area contributed by atoms with Crippen molar-refractivity contribution < 1.29 is 86.6 Å². The van der Waals surface area contributed by atoms with Gasteiger partial charge < -0.3 is 168 Å². The number of hydrogen-bond acceptors (Lipinski definition) is 28. The van der Waals surface area contributed by atoms with Gasteiger partial charge in [0.2, 0.25) is 100 Å². The van der Waals surface area contributed by atoms with Gasteiger partial charge in [0, 0.05) is 50.9 Å². The molecule has 43 N–H and O–H groups in total. The molecule has 0 aliphatic rings. The van der Waals surface area contributed by atoms with E-state index in [0.717, 1.165) is 0 Å². The zero-order valence-electron chi connectivity index (χ0n) is 85.9. The maximum absolute atomic E-state index is 14.8. The zero-order valence-corrected chi connectivity index (χ0v) is 85.9. The van der Waals surface area contributed by atoms with Crippen molar-refractivity contribution in [1.29, 1.82) is 21.6 Å². The second-order valence-corrected chi connectivity index (χ2v) is 37.1. The van der Waals surface area contributed by atoms with E-state index in [0.29, 0.717) is 56.2 Å². The molecule has 0 fully saturated rings. The van der Waals surface area contributed by atoms with Gasteiger partial charge in [-0.05, 0) is 197 Å². The lowest BCUT2D eigenvalue weighted by Crippen LogP contribution is -2.60. The summed E-state index contributed by atoms with van der Waals surface area (Å²) in [6, 6.07) is -12.3. The van der Waals surface area contributed by atoms with Gasteiger partial charge in [0.1, 0.15) is 78.3 Å². The number of carbonyl (C=O) groups excluding carboxylic acids is 17. The molecule has 53 nitrogen and oxygen atoms in total. The molecule has 0 radical (unpaired) electrons.